The first-order valence-electron chi connectivity index (χ1n) is 6.87. The highest BCUT2D eigenvalue weighted by atomic mass is 32.2. The lowest BCUT2D eigenvalue weighted by Crippen LogP contribution is -2.20. The molecule has 1 heterocycles. The summed E-state index contributed by atoms with van der Waals surface area (Å²) in [6.07, 6.45) is 3.75. The molecule has 0 spiro atoms. The molecule has 6 nitrogen and oxygen atoms in total. The van der Waals surface area contributed by atoms with Crippen molar-refractivity contribution in [1.29, 1.82) is 0 Å². The summed E-state index contributed by atoms with van der Waals surface area (Å²) >= 11 is 1.62. The van der Waals surface area contributed by atoms with Crippen LogP contribution in [0.4, 0.5) is 0 Å². The molecule has 0 amide bonds. The van der Waals surface area contributed by atoms with Gasteiger partial charge in [0.1, 0.15) is 17.3 Å². The molecule has 0 aliphatic heterocycles. The van der Waals surface area contributed by atoms with Crippen molar-refractivity contribution in [3.63, 3.8) is 0 Å². The standard InChI is InChI=1S/C14H18N4O2S/c1-3-4-9-21-11(2)14(19)20-13-7-5-12(6-8-13)18-10-15-16-17-18/h5-8,10-11H,3-4,9H2,1-2H3. The lowest BCUT2D eigenvalue weighted by molar-refractivity contribution is -0.133. The number of esters is 1. The Kier molecular flexibility index (Phi) is 5.74. The molecule has 0 fully saturated rings. The van der Waals surface area contributed by atoms with Crippen molar-refractivity contribution in [2.45, 2.75) is 31.9 Å². The van der Waals surface area contributed by atoms with E-state index in [9.17, 15) is 4.79 Å². The highest BCUT2D eigenvalue weighted by molar-refractivity contribution is 8.00. The molecule has 2 rings (SSSR count). The first kappa shape index (κ1) is 15.5. The molecule has 0 aliphatic carbocycles. The number of unbranched alkanes of at least 4 members (excludes halogenated alkanes) is 1. The van der Waals surface area contributed by atoms with Gasteiger partial charge in [0, 0.05) is 0 Å². The second-order valence-electron chi connectivity index (χ2n) is 4.54. The van der Waals surface area contributed by atoms with E-state index in [-0.39, 0.29) is 11.2 Å². The van der Waals surface area contributed by atoms with Crippen molar-refractivity contribution in [1.82, 2.24) is 20.2 Å². The first-order valence-corrected chi connectivity index (χ1v) is 7.92. The van der Waals surface area contributed by atoms with Gasteiger partial charge in [-0.1, -0.05) is 13.3 Å². The molecule has 0 aliphatic rings. The van der Waals surface area contributed by atoms with Crippen LogP contribution in [0.3, 0.4) is 0 Å². The van der Waals surface area contributed by atoms with Crippen molar-refractivity contribution >= 4 is 17.7 Å². The van der Waals surface area contributed by atoms with Crippen LogP contribution in [-0.4, -0.2) is 37.2 Å². The Morgan fingerprint density at radius 3 is 2.76 bits per heavy atom. The van der Waals surface area contributed by atoms with E-state index in [4.69, 9.17) is 4.74 Å². The van der Waals surface area contributed by atoms with Crippen molar-refractivity contribution < 1.29 is 9.53 Å². The Balaban J connectivity index is 1.89. The van der Waals surface area contributed by atoms with E-state index < -0.39 is 0 Å². The molecule has 2 aromatic rings. The van der Waals surface area contributed by atoms with Gasteiger partial charge in [0.2, 0.25) is 0 Å². The number of ether oxygens (including phenoxy) is 1. The molecule has 1 aromatic heterocycles. The monoisotopic (exact) mass is 306 g/mol. The van der Waals surface area contributed by atoms with Gasteiger partial charge in [-0.3, -0.25) is 4.79 Å². The fraction of sp³-hybridized carbons (Fsp3) is 0.429. The molecule has 21 heavy (non-hydrogen) atoms. The highest BCUT2D eigenvalue weighted by Gasteiger charge is 2.15. The summed E-state index contributed by atoms with van der Waals surface area (Å²) in [5, 5.41) is 10.8. The number of rotatable bonds is 7. The minimum Gasteiger partial charge on any atom is -0.426 e. The van der Waals surface area contributed by atoms with E-state index in [0.717, 1.165) is 24.3 Å². The number of hydrogen-bond donors (Lipinski definition) is 0. The lowest BCUT2D eigenvalue weighted by Gasteiger charge is -2.11. The summed E-state index contributed by atoms with van der Waals surface area (Å²) in [7, 11) is 0. The smallest absolute Gasteiger partial charge is 0.324 e. The van der Waals surface area contributed by atoms with Crippen molar-refractivity contribution in [2.75, 3.05) is 5.75 Å². The van der Waals surface area contributed by atoms with Crippen LogP contribution in [-0.2, 0) is 4.79 Å². The van der Waals surface area contributed by atoms with Crippen molar-refractivity contribution in [3.8, 4) is 11.4 Å². The van der Waals surface area contributed by atoms with E-state index in [1.807, 2.05) is 6.92 Å². The fourth-order valence-electron chi connectivity index (χ4n) is 1.62. The summed E-state index contributed by atoms with van der Waals surface area (Å²) in [5.41, 5.74) is 0.810. The lowest BCUT2D eigenvalue weighted by atomic mass is 10.3. The third kappa shape index (κ3) is 4.56. The average molecular weight is 306 g/mol. The quantitative estimate of drug-likeness (QED) is 0.445. The van der Waals surface area contributed by atoms with Gasteiger partial charge in [0.05, 0.1) is 5.69 Å². The molecule has 0 saturated carbocycles. The van der Waals surface area contributed by atoms with Crippen LogP contribution >= 0.6 is 11.8 Å². The van der Waals surface area contributed by atoms with Crippen LogP contribution in [0.15, 0.2) is 30.6 Å². The summed E-state index contributed by atoms with van der Waals surface area (Å²) in [4.78, 5) is 11.9. The van der Waals surface area contributed by atoms with E-state index in [1.165, 1.54) is 11.0 Å². The van der Waals surface area contributed by atoms with Gasteiger partial charge in [-0.05, 0) is 53.8 Å². The topological polar surface area (TPSA) is 69.9 Å². The molecule has 1 atom stereocenters. The van der Waals surface area contributed by atoms with Gasteiger partial charge in [-0.2, -0.15) is 0 Å². The maximum absolute atomic E-state index is 11.9. The summed E-state index contributed by atoms with van der Waals surface area (Å²) in [5.74, 6) is 1.29. The van der Waals surface area contributed by atoms with Gasteiger partial charge in [0.25, 0.3) is 0 Å². The molecule has 0 saturated heterocycles. The van der Waals surface area contributed by atoms with Gasteiger partial charge >= 0.3 is 5.97 Å². The number of thioether (sulfide) groups is 1. The van der Waals surface area contributed by atoms with Gasteiger partial charge in [-0.15, -0.1) is 16.9 Å². The van der Waals surface area contributed by atoms with Crippen molar-refractivity contribution in [2.24, 2.45) is 0 Å². The molecule has 1 unspecified atom stereocenters. The Morgan fingerprint density at radius 2 is 2.14 bits per heavy atom. The molecule has 0 N–H and O–H groups in total. The van der Waals surface area contributed by atoms with Crippen LogP contribution in [0.5, 0.6) is 5.75 Å². The van der Waals surface area contributed by atoms with Crippen LogP contribution in [0.2, 0.25) is 0 Å². The maximum Gasteiger partial charge on any atom is 0.324 e. The third-order valence-corrected chi connectivity index (χ3v) is 4.08. The largest absolute Gasteiger partial charge is 0.426 e. The summed E-state index contributed by atoms with van der Waals surface area (Å²) in [6, 6.07) is 7.07. The zero-order valence-electron chi connectivity index (χ0n) is 12.1. The number of aromatic nitrogens is 4. The van der Waals surface area contributed by atoms with Gasteiger partial charge in [0.15, 0.2) is 0 Å². The second-order valence-corrected chi connectivity index (χ2v) is 5.98. The van der Waals surface area contributed by atoms with Crippen LogP contribution < -0.4 is 4.74 Å². The van der Waals surface area contributed by atoms with Crippen LogP contribution in [0, 0.1) is 0 Å². The molecule has 0 radical (unpaired) electrons. The van der Waals surface area contributed by atoms with Gasteiger partial charge in [-0.25, -0.2) is 4.68 Å². The predicted octanol–water partition coefficient (Wildman–Crippen LogP) is 2.49. The van der Waals surface area contributed by atoms with Crippen molar-refractivity contribution in [3.05, 3.63) is 30.6 Å². The number of hydrogen-bond acceptors (Lipinski definition) is 6. The SMILES string of the molecule is CCCCSC(C)C(=O)Oc1ccc(-n2cnnn2)cc1. The Hall–Kier alpha value is -1.89. The summed E-state index contributed by atoms with van der Waals surface area (Å²) in [6.45, 7) is 4.01. The third-order valence-electron chi connectivity index (χ3n) is 2.87. The Bertz CT molecular complexity index is 557. The molecule has 7 heteroatoms. The molecule has 112 valence electrons. The van der Waals surface area contributed by atoms with Gasteiger partial charge < -0.3 is 4.74 Å². The second kappa shape index (κ2) is 7.78. The minimum atomic E-state index is -0.216. The van der Waals surface area contributed by atoms with E-state index in [1.54, 1.807) is 36.0 Å². The van der Waals surface area contributed by atoms with Crippen LogP contribution in [0.25, 0.3) is 5.69 Å². The molecular weight excluding hydrogens is 288 g/mol. The number of tetrazole rings is 1. The first-order chi connectivity index (χ1) is 10.2. The fourth-order valence-corrected chi connectivity index (χ4v) is 2.61. The molecule has 0 bridgehead atoms. The molecule has 1 aromatic carbocycles. The number of carbonyl (C=O) groups excluding carboxylic acids is 1. The average Bonchev–Trinajstić information content (AvgIpc) is 3.02. The highest BCUT2D eigenvalue weighted by Crippen LogP contribution is 2.18. The van der Waals surface area contributed by atoms with E-state index >= 15 is 0 Å². The zero-order chi connectivity index (χ0) is 15.1. The molecular formula is C14H18N4O2S. The maximum atomic E-state index is 11.9. The van der Waals surface area contributed by atoms with E-state index in [2.05, 4.69) is 22.4 Å². The van der Waals surface area contributed by atoms with E-state index in [0.29, 0.717) is 5.75 Å². The Labute approximate surface area is 127 Å². The number of carbonyl (C=O) groups is 1. The number of nitrogens with zero attached hydrogens (tertiary/aromatic N) is 4. The number of benzene rings is 1. The van der Waals surface area contributed by atoms with Crippen LogP contribution in [0.1, 0.15) is 26.7 Å². The summed E-state index contributed by atoms with van der Waals surface area (Å²) < 4.78 is 6.90. The zero-order valence-corrected chi connectivity index (χ0v) is 12.9. The minimum absolute atomic E-state index is 0.157. The normalized spacial score (nSPS) is 12.1. The Morgan fingerprint density at radius 1 is 1.38 bits per heavy atom. The predicted molar refractivity (Wildman–Crippen MR) is 81.6 cm³/mol.